The fraction of sp³-hybridized carbons (Fsp3) is 0.556. The largest absolute Gasteiger partial charge is 0.464 e. The number of nitrogens with one attached hydrogen (secondary N) is 1. The second kappa shape index (κ2) is 12.8. The number of esters is 1. The van der Waals surface area contributed by atoms with Gasteiger partial charge in [-0.2, -0.15) is 0 Å². The lowest BCUT2D eigenvalue weighted by Crippen LogP contribution is -2.35. The second-order valence-corrected chi connectivity index (χ2v) is 7.20. The van der Waals surface area contributed by atoms with Crippen LogP contribution in [0.25, 0.3) is 0 Å². The first kappa shape index (κ1) is 22.6. The predicted molar refractivity (Wildman–Crippen MR) is 103 cm³/mol. The summed E-state index contributed by atoms with van der Waals surface area (Å²) >= 11 is 7.43. The molecule has 0 radical (unpaired) electrons. The number of thioether (sulfide) groups is 1. The molecule has 0 aliphatic heterocycles. The fourth-order valence-electron chi connectivity index (χ4n) is 1.75. The lowest BCUT2D eigenvalue weighted by molar-refractivity contribution is -0.143. The van der Waals surface area contributed by atoms with Crippen LogP contribution in [0.3, 0.4) is 0 Å². The van der Waals surface area contributed by atoms with Crippen molar-refractivity contribution in [1.29, 1.82) is 0 Å². The zero-order valence-corrected chi connectivity index (χ0v) is 16.9. The summed E-state index contributed by atoms with van der Waals surface area (Å²) in [6.07, 6.45) is -0.623. The first-order valence-electron chi connectivity index (χ1n) is 8.50. The molecule has 1 unspecified atom stereocenters. The number of ether oxygens (including phenoxy) is 3. The molecule has 8 heteroatoms. The molecule has 0 saturated carbocycles. The summed E-state index contributed by atoms with van der Waals surface area (Å²) in [7, 11) is 0. The van der Waals surface area contributed by atoms with Crippen molar-refractivity contribution in [2.45, 2.75) is 44.3 Å². The summed E-state index contributed by atoms with van der Waals surface area (Å²) in [5.74, 6) is 0.245. The average molecular weight is 404 g/mol. The minimum atomic E-state index is -0.563. The Morgan fingerprint density at radius 1 is 1.23 bits per heavy atom. The van der Waals surface area contributed by atoms with Crippen LogP contribution in [-0.4, -0.2) is 49.8 Å². The third kappa shape index (κ3) is 10.5. The molecule has 0 aliphatic rings. The van der Waals surface area contributed by atoms with Gasteiger partial charge in [0.15, 0.2) is 0 Å². The Bertz CT molecular complexity index is 553. The van der Waals surface area contributed by atoms with Gasteiger partial charge in [-0.15, -0.1) is 11.8 Å². The number of halogens is 1. The van der Waals surface area contributed by atoms with Gasteiger partial charge in [0.25, 0.3) is 0 Å². The Hall–Kier alpha value is -1.44. The van der Waals surface area contributed by atoms with Gasteiger partial charge in [0, 0.05) is 22.1 Å². The van der Waals surface area contributed by atoms with Gasteiger partial charge < -0.3 is 19.5 Å². The van der Waals surface area contributed by atoms with E-state index in [4.69, 9.17) is 25.8 Å². The van der Waals surface area contributed by atoms with Gasteiger partial charge >= 0.3 is 12.1 Å². The van der Waals surface area contributed by atoms with Crippen LogP contribution >= 0.6 is 23.4 Å². The molecule has 0 saturated heterocycles. The van der Waals surface area contributed by atoms with Gasteiger partial charge in [-0.05, 0) is 38.1 Å². The van der Waals surface area contributed by atoms with E-state index in [0.717, 1.165) is 4.90 Å². The van der Waals surface area contributed by atoms with Crippen molar-refractivity contribution in [1.82, 2.24) is 5.32 Å². The first-order valence-corrected chi connectivity index (χ1v) is 9.87. The summed E-state index contributed by atoms with van der Waals surface area (Å²) in [6, 6.07) is 7.45. The second-order valence-electron chi connectivity index (χ2n) is 5.68. The molecule has 1 N–H and O–H groups in total. The molecular weight excluding hydrogens is 378 g/mol. The molecule has 0 aliphatic carbocycles. The SMILES string of the molecule is CCC(=O)OCCNC(=O)OC(COC(C)C)CSc1ccc(Cl)cc1. The number of carbonyl (C=O) groups is 2. The summed E-state index contributed by atoms with van der Waals surface area (Å²) in [6.45, 7) is 6.18. The number of rotatable bonds is 11. The minimum Gasteiger partial charge on any atom is -0.464 e. The lowest BCUT2D eigenvalue weighted by atomic mass is 10.4. The normalized spacial score (nSPS) is 11.9. The van der Waals surface area contributed by atoms with Crippen molar-refractivity contribution in [3.63, 3.8) is 0 Å². The molecule has 1 amide bonds. The number of hydrogen-bond donors (Lipinski definition) is 1. The van der Waals surface area contributed by atoms with Crippen LogP contribution in [0.4, 0.5) is 4.79 Å². The maximum Gasteiger partial charge on any atom is 0.407 e. The Morgan fingerprint density at radius 2 is 1.92 bits per heavy atom. The number of amides is 1. The maximum atomic E-state index is 11.9. The van der Waals surface area contributed by atoms with Crippen molar-refractivity contribution in [2.75, 3.05) is 25.5 Å². The van der Waals surface area contributed by atoms with Crippen LogP contribution in [0.5, 0.6) is 0 Å². The van der Waals surface area contributed by atoms with E-state index in [0.29, 0.717) is 23.8 Å². The van der Waals surface area contributed by atoms with Crippen molar-refractivity contribution >= 4 is 35.4 Å². The molecule has 6 nitrogen and oxygen atoms in total. The van der Waals surface area contributed by atoms with E-state index in [1.165, 1.54) is 0 Å². The number of alkyl carbamates (subject to hydrolysis) is 1. The highest BCUT2D eigenvalue weighted by molar-refractivity contribution is 7.99. The Kier molecular flexibility index (Phi) is 11.2. The zero-order chi connectivity index (χ0) is 19.4. The van der Waals surface area contributed by atoms with E-state index in [9.17, 15) is 9.59 Å². The molecule has 1 aromatic rings. The van der Waals surface area contributed by atoms with Gasteiger partial charge in [-0.1, -0.05) is 18.5 Å². The molecular formula is C18H26ClNO5S. The zero-order valence-electron chi connectivity index (χ0n) is 15.3. The number of benzene rings is 1. The lowest BCUT2D eigenvalue weighted by Gasteiger charge is -2.19. The molecule has 1 aromatic carbocycles. The molecule has 146 valence electrons. The molecule has 0 heterocycles. The third-order valence-electron chi connectivity index (χ3n) is 3.06. The minimum absolute atomic E-state index is 0.0400. The molecule has 26 heavy (non-hydrogen) atoms. The van der Waals surface area contributed by atoms with E-state index in [1.807, 2.05) is 38.1 Å². The van der Waals surface area contributed by atoms with Crippen LogP contribution in [-0.2, 0) is 19.0 Å². The highest BCUT2D eigenvalue weighted by atomic mass is 35.5. The van der Waals surface area contributed by atoms with E-state index in [1.54, 1.807) is 18.7 Å². The Labute approximate surface area is 163 Å². The Balaban J connectivity index is 2.42. The fourth-order valence-corrected chi connectivity index (χ4v) is 2.75. The van der Waals surface area contributed by atoms with Crippen molar-refractivity contribution in [2.24, 2.45) is 0 Å². The maximum absolute atomic E-state index is 11.9. The van der Waals surface area contributed by atoms with Crippen molar-refractivity contribution < 1.29 is 23.8 Å². The van der Waals surface area contributed by atoms with Gasteiger partial charge in [0.2, 0.25) is 0 Å². The van der Waals surface area contributed by atoms with Gasteiger partial charge in [-0.3, -0.25) is 4.79 Å². The highest BCUT2D eigenvalue weighted by Gasteiger charge is 2.16. The molecule has 0 aromatic heterocycles. The van der Waals surface area contributed by atoms with Gasteiger partial charge in [-0.25, -0.2) is 4.79 Å². The molecule has 0 fully saturated rings. The predicted octanol–water partition coefficient (Wildman–Crippen LogP) is 3.91. The van der Waals surface area contributed by atoms with Crippen LogP contribution in [0.2, 0.25) is 5.02 Å². The van der Waals surface area contributed by atoms with Crippen LogP contribution in [0.15, 0.2) is 29.2 Å². The standard InChI is InChI=1S/C18H26ClNO5S/c1-4-17(21)23-10-9-20-18(22)25-15(11-24-13(2)3)12-26-16-7-5-14(19)6-8-16/h5-8,13,15H,4,9-12H2,1-3H3,(H,20,22). The summed E-state index contributed by atoms with van der Waals surface area (Å²) < 4.78 is 15.9. The third-order valence-corrected chi connectivity index (χ3v) is 4.46. The Morgan fingerprint density at radius 3 is 2.54 bits per heavy atom. The van der Waals surface area contributed by atoms with E-state index in [2.05, 4.69) is 5.32 Å². The molecule has 0 spiro atoms. The summed E-state index contributed by atoms with van der Waals surface area (Å²) in [5, 5.41) is 3.24. The van der Waals surface area contributed by atoms with Crippen LogP contribution in [0.1, 0.15) is 27.2 Å². The molecule has 1 atom stereocenters. The molecule has 1 rings (SSSR count). The first-order chi connectivity index (χ1) is 12.4. The van der Waals surface area contributed by atoms with E-state index >= 15 is 0 Å². The number of carbonyl (C=O) groups excluding carboxylic acids is 2. The average Bonchev–Trinajstić information content (AvgIpc) is 2.62. The smallest absolute Gasteiger partial charge is 0.407 e. The summed E-state index contributed by atoms with van der Waals surface area (Å²) in [5.41, 5.74) is 0. The quantitative estimate of drug-likeness (QED) is 0.343. The van der Waals surface area contributed by atoms with E-state index in [-0.39, 0.29) is 25.2 Å². The number of hydrogen-bond acceptors (Lipinski definition) is 6. The van der Waals surface area contributed by atoms with E-state index < -0.39 is 12.2 Å². The van der Waals surface area contributed by atoms with Crippen LogP contribution in [0, 0.1) is 0 Å². The highest BCUT2D eigenvalue weighted by Crippen LogP contribution is 2.22. The van der Waals surface area contributed by atoms with Crippen LogP contribution < -0.4 is 5.32 Å². The molecule has 0 bridgehead atoms. The van der Waals surface area contributed by atoms with Gasteiger partial charge in [0.05, 0.1) is 19.3 Å². The summed E-state index contributed by atoms with van der Waals surface area (Å²) in [4.78, 5) is 24.0. The monoisotopic (exact) mass is 403 g/mol. The topological polar surface area (TPSA) is 73.9 Å². The van der Waals surface area contributed by atoms with Crippen molar-refractivity contribution in [3.05, 3.63) is 29.3 Å². The van der Waals surface area contributed by atoms with Crippen molar-refractivity contribution in [3.8, 4) is 0 Å². The van der Waals surface area contributed by atoms with Gasteiger partial charge in [0.1, 0.15) is 12.7 Å².